The number of benzene rings is 2. The first-order chi connectivity index (χ1) is 8.43. The van der Waals surface area contributed by atoms with Crippen molar-refractivity contribution in [2.75, 3.05) is 0 Å². The molecule has 4 rings (SSSR count). The largest absolute Gasteiger partial charge is 0.256 e. The van der Waals surface area contributed by atoms with Gasteiger partial charge in [-0.25, -0.2) is 0 Å². The molecular formula is C16H11N. The van der Waals surface area contributed by atoms with Gasteiger partial charge in [-0.2, -0.15) is 0 Å². The number of nitrogens with zero attached hydrogens (tertiary/aromatic N) is 1. The summed E-state index contributed by atoms with van der Waals surface area (Å²) in [4.78, 5) is 4.59. The molecule has 1 heteroatoms. The Labute approximate surface area is 100 Å². The summed E-state index contributed by atoms with van der Waals surface area (Å²) in [6.07, 6.45) is 3.11. The number of para-hydroxylation sites is 1. The van der Waals surface area contributed by atoms with Gasteiger partial charge in [-0.15, -0.1) is 0 Å². The third-order valence-electron chi connectivity index (χ3n) is 3.44. The third kappa shape index (κ3) is 1.29. The standard InChI is InChI=1S/C16H11N/c1-2-6-13-12(5-1)14-7-3-4-8-16(14)17-10-11-9-15(11)13/h1-8,10H,9H2/b11-10?,14-12?,15-13?,17-10-,17-16?. The summed E-state index contributed by atoms with van der Waals surface area (Å²) in [5.41, 5.74) is 7.83. The lowest BCUT2D eigenvalue weighted by Crippen LogP contribution is -1.86. The summed E-state index contributed by atoms with van der Waals surface area (Å²) in [7, 11) is 0. The fourth-order valence-corrected chi connectivity index (χ4v) is 2.48. The summed E-state index contributed by atoms with van der Waals surface area (Å²) >= 11 is 0. The lowest BCUT2D eigenvalue weighted by Gasteiger charge is -2.10. The maximum atomic E-state index is 4.59. The maximum Gasteiger partial charge on any atom is 0.0708 e. The summed E-state index contributed by atoms with van der Waals surface area (Å²) in [6.45, 7) is 0. The number of allylic oxidation sites excluding steroid dienone is 2. The van der Waals surface area contributed by atoms with Crippen molar-refractivity contribution in [3.8, 4) is 11.1 Å². The van der Waals surface area contributed by atoms with Crippen LogP contribution in [0.25, 0.3) is 16.7 Å². The summed E-state index contributed by atoms with van der Waals surface area (Å²) in [5, 5.41) is 0. The molecule has 0 fully saturated rings. The first-order valence-corrected chi connectivity index (χ1v) is 5.88. The second-order valence-electron chi connectivity index (χ2n) is 4.50. The number of rotatable bonds is 0. The highest BCUT2D eigenvalue weighted by Crippen LogP contribution is 2.46. The molecule has 0 saturated heterocycles. The van der Waals surface area contributed by atoms with Crippen molar-refractivity contribution in [1.29, 1.82) is 0 Å². The predicted molar refractivity (Wildman–Crippen MR) is 71.6 cm³/mol. The van der Waals surface area contributed by atoms with Crippen LogP contribution < -0.4 is 0 Å². The molecular weight excluding hydrogens is 206 g/mol. The van der Waals surface area contributed by atoms with Crippen LogP contribution in [0.4, 0.5) is 5.69 Å². The molecule has 1 aliphatic carbocycles. The number of hydrogen-bond acceptors (Lipinski definition) is 1. The Balaban J connectivity index is 2.09. The molecule has 2 aromatic carbocycles. The number of fused-ring (bicyclic) bond motifs is 4. The lowest BCUT2D eigenvalue weighted by molar-refractivity contribution is 1.50. The molecule has 80 valence electrons. The van der Waals surface area contributed by atoms with Gasteiger partial charge in [-0.05, 0) is 28.3 Å². The van der Waals surface area contributed by atoms with Crippen LogP contribution in [0.3, 0.4) is 0 Å². The molecule has 1 heterocycles. The molecule has 0 atom stereocenters. The molecule has 0 unspecified atom stereocenters. The van der Waals surface area contributed by atoms with Crippen LogP contribution in [0.1, 0.15) is 12.0 Å². The summed E-state index contributed by atoms with van der Waals surface area (Å²) < 4.78 is 0. The van der Waals surface area contributed by atoms with Gasteiger partial charge in [-0.1, -0.05) is 42.5 Å². The zero-order chi connectivity index (χ0) is 11.2. The minimum Gasteiger partial charge on any atom is -0.256 e. The Hall–Kier alpha value is -2.15. The van der Waals surface area contributed by atoms with Crippen molar-refractivity contribution in [2.24, 2.45) is 4.99 Å². The molecule has 17 heavy (non-hydrogen) atoms. The fraction of sp³-hybridized carbons (Fsp3) is 0.0625. The van der Waals surface area contributed by atoms with E-state index in [2.05, 4.69) is 47.5 Å². The smallest absolute Gasteiger partial charge is 0.0708 e. The molecule has 0 saturated carbocycles. The van der Waals surface area contributed by atoms with Gasteiger partial charge in [0.15, 0.2) is 0 Å². The molecule has 0 radical (unpaired) electrons. The van der Waals surface area contributed by atoms with E-state index < -0.39 is 0 Å². The van der Waals surface area contributed by atoms with E-state index in [1.807, 2.05) is 12.3 Å². The van der Waals surface area contributed by atoms with Crippen LogP contribution in [0.5, 0.6) is 0 Å². The van der Waals surface area contributed by atoms with E-state index in [1.54, 1.807) is 0 Å². The van der Waals surface area contributed by atoms with E-state index in [4.69, 9.17) is 0 Å². The van der Waals surface area contributed by atoms with Gasteiger partial charge in [0.05, 0.1) is 5.69 Å². The molecule has 0 N–H and O–H groups in total. The lowest BCUT2D eigenvalue weighted by atomic mass is 9.96. The minimum absolute atomic E-state index is 1.07. The summed E-state index contributed by atoms with van der Waals surface area (Å²) in [5.74, 6) is 0. The van der Waals surface area contributed by atoms with Crippen molar-refractivity contribution in [2.45, 2.75) is 6.42 Å². The van der Waals surface area contributed by atoms with Crippen LogP contribution >= 0.6 is 0 Å². The topological polar surface area (TPSA) is 12.4 Å². The van der Waals surface area contributed by atoms with Gasteiger partial charge >= 0.3 is 0 Å². The molecule has 0 bridgehead atoms. The van der Waals surface area contributed by atoms with Crippen LogP contribution in [0.15, 0.2) is 59.1 Å². The van der Waals surface area contributed by atoms with Gasteiger partial charge < -0.3 is 0 Å². The van der Waals surface area contributed by atoms with E-state index in [1.165, 1.54) is 27.8 Å². The Morgan fingerprint density at radius 3 is 2.35 bits per heavy atom. The van der Waals surface area contributed by atoms with Gasteiger partial charge in [0.1, 0.15) is 0 Å². The van der Waals surface area contributed by atoms with Gasteiger partial charge in [-0.3, -0.25) is 4.99 Å². The molecule has 1 aliphatic heterocycles. The van der Waals surface area contributed by atoms with Crippen LogP contribution in [0.2, 0.25) is 0 Å². The highest BCUT2D eigenvalue weighted by molar-refractivity contribution is 6.08. The summed E-state index contributed by atoms with van der Waals surface area (Å²) in [6, 6.07) is 17.0. The molecule has 0 aromatic heterocycles. The van der Waals surface area contributed by atoms with Crippen LogP contribution in [-0.4, -0.2) is 6.21 Å². The predicted octanol–water partition coefficient (Wildman–Crippen LogP) is 4.23. The SMILES string of the molecule is C1=N\c2ccccc2-c2ccccc2C2=C/1C2. The Morgan fingerprint density at radius 2 is 1.47 bits per heavy atom. The Bertz CT molecular complexity index is 677. The minimum atomic E-state index is 1.07. The first-order valence-electron chi connectivity index (χ1n) is 5.88. The maximum absolute atomic E-state index is 4.59. The average molecular weight is 217 g/mol. The van der Waals surface area contributed by atoms with Crippen molar-refractivity contribution >= 4 is 17.5 Å². The monoisotopic (exact) mass is 217 g/mol. The fourth-order valence-electron chi connectivity index (χ4n) is 2.48. The van der Waals surface area contributed by atoms with Crippen molar-refractivity contribution < 1.29 is 0 Å². The first kappa shape index (κ1) is 8.94. The molecule has 1 nitrogen and oxygen atoms in total. The highest BCUT2D eigenvalue weighted by Gasteiger charge is 2.25. The van der Waals surface area contributed by atoms with Crippen molar-refractivity contribution in [3.05, 3.63) is 59.7 Å². The van der Waals surface area contributed by atoms with E-state index in [0.29, 0.717) is 0 Å². The number of aliphatic imine (C=N–C) groups is 1. The van der Waals surface area contributed by atoms with Crippen LogP contribution in [0, 0.1) is 0 Å². The van der Waals surface area contributed by atoms with Gasteiger partial charge in [0.25, 0.3) is 0 Å². The molecule has 0 spiro atoms. The quantitative estimate of drug-likeness (QED) is 0.626. The van der Waals surface area contributed by atoms with E-state index in [0.717, 1.165) is 12.1 Å². The highest BCUT2D eigenvalue weighted by atomic mass is 14.7. The molecule has 2 aliphatic rings. The second kappa shape index (κ2) is 3.17. The Kier molecular flexibility index (Phi) is 1.67. The number of hydrogen-bond donors (Lipinski definition) is 0. The van der Waals surface area contributed by atoms with Crippen LogP contribution in [-0.2, 0) is 0 Å². The normalized spacial score (nSPS) is 17.4. The zero-order valence-corrected chi connectivity index (χ0v) is 9.35. The van der Waals surface area contributed by atoms with E-state index >= 15 is 0 Å². The third-order valence-corrected chi connectivity index (χ3v) is 3.44. The van der Waals surface area contributed by atoms with Gasteiger partial charge in [0, 0.05) is 18.2 Å². The zero-order valence-electron chi connectivity index (χ0n) is 9.35. The second-order valence-corrected chi connectivity index (χ2v) is 4.50. The van der Waals surface area contributed by atoms with Gasteiger partial charge in [0.2, 0.25) is 0 Å². The van der Waals surface area contributed by atoms with Crippen molar-refractivity contribution in [3.63, 3.8) is 0 Å². The van der Waals surface area contributed by atoms with E-state index in [9.17, 15) is 0 Å². The Morgan fingerprint density at radius 1 is 0.765 bits per heavy atom. The molecule has 0 amide bonds. The average Bonchev–Trinajstić information content (AvgIpc) is 3.14. The molecule has 2 aromatic rings. The van der Waals surface area contributed by atoms with Crippen molar-refractivity contribution in [1.82, 2.24) is 0 Å². The van der Waals surface area contributed by atoms with E-state index in [-0.39, 0.29) is 0 Å².